The maximum Gasteiger partial charge on any atom is 4.00 e. The number of quaternary nitrogens is 2. The number of hydrogen-bond acceptors (Lipinski definition) is 14. The van der Waals surface area contributed by atoms with Crippen LogP contribution in [0.25, 0.3) is 0 Å². The largest absolute Gasteiger partial charge is 4.00 e. The molecule has 0 rings (SSSR count). The van der Waals surface area contributed by atoms with E-state index in [9.17, 15) is 59.4 Å². The average molecular weight is 652 g/mol. The van der Waals surface area contributed by atoms with Crippen LogP contribution in [0, 0.1) is 0 Å². The minimum absolute atomic E-state index is 0. The summed E-state index contributed by atoms with van der Waals surface area (Å²) in [4.78, 5) is 61.2. The van der Waals surface area contributed by atoms with Gasteiger partial charge in [0.2, 0.25) is 0 Å². The summed E-state index contributed by atoms with van der Waals surface area (Å²) in [6.07, 6.45) is 5.12. The van der Waals surface area contributed by atoms with Gasteiger partial charge >= 0.3 is 26.2 Å². The van der Waals surface area contributed by atoms with Crippen molar-refractivity contribution < 1.29 is 108 Å². The molecule has 0 spiro atoms. The van der Waals surface area contributed by atoms with E-state index in [-0.39, 0.29) is 37.2 Å². The molecule has 0 aromatic heterocycles. The number of hydrogen-bond donors (Lipinski definition) is 2. The molecule has 0 aliphatic carbocycles. The fourth-order valence-corrected chi connectivity index (χ4v) is 1.93. The van der Waals surface area contributed by atoms with Crippen LogP contribution in [-0.4, -0.2) is 109 Å². The Bertz CT molecular complexity index is 522. The summed E-state index contributed by atoms with van der Waals surface area (Å²) in [5, 5.41) is 60.0. The van der Waals surface area contributed by atoms with Gasteiger partial charge in [0.05, 0.1) is 48.9 Å². The summed E-state index contributed by atoms with van der Waals surface area (Å²) < 4.78 is 0. The summed E-state index contributed by atoms with van der Waals surface area (Å²) >= 11 is 0. The monoisotopic (exact) mass is 650 g/mol. The summed E-state index contributed by atoms with van der Waals surface area (Å²) in [6, 6.07) is 0. The van der Waals surface area contributed by atoms with Crippen LogP contribution in [0.15, 0.2) is 0 Å². The first kappa shape index (κ1) is 52.8. The van der Waals surface area contributed by atoms with Crippen LogP contribution in [-0.2, 0) is 55.0 Å². The molecule has 10 N–H and O–H groups in total. The summed E-state index contributed by atoms with van der Waals surface area (Å²) in [7, 11) is 0. The Labute approximate surface area is 245 Å². The first-order valence-corrected chi connectivity index (χ1v) is 10.9. The molecular weight excluding hydrogens is 611 g/mol. The van der Waals surface area contributed by atoms with E-state index < -0.39 is 75.1 Å². The Morgan fingerprint density at radius 2 is 0.641 bits per heavy atom. The number of carboxylic acids is 6. The zero-order valence-corrected chi connectivity index (χ0v) is 24.7. The number of nitrogens with zero attached hydrogens (tertiary/aromatic N) is 2. The number of carbonyl (C=O) groups excluding carboxylic acids is 6. The van der Waals surface area contributed by atoms with Crippen LogP contribution >= 0.6 is 0 Å². The second kappa shape index (κ2) is 37.6. The predicted molar refractivity (Wildman–Crippen MR) is 115 cm³/mol. The Balaban J connectivity index is -0.0000000741. The van der Waals surface area contributed by atoms with Crippen molar-refractivity contribution in [3.63, 3.8) is 0 Å². The number of carboxylic acid groups (broad SMARTS) is 6. The van der Waals surface area contributed by atoms with Gasteiger partial charge in [0.1, 0.15) is 0 Å². The van der Waals surface area contributed by atoms with Gasteiger partial charge in [-0.3, -0.25) is 9.80 Å². The van der Waals surface area contributed by atoms with E-state index in [1.807, 2.05) is 0 Å². The molecule has 228 valence electrons. The van der Waals surface area contributed by atoms with E-state index in [0.29, 0.717) is 9.80 Å². The first-order valence-electron chi connectivity index (χ1n) is 10.9. The van der Waals surface area contributed by atoms with Gasteiger partial charge in [-0.05, 0) is 12.8 Å². The minimum atomic E-state index is -1.57. The standard InChI is InChI=1S/2C6H9NO6.2C4H11N.2H2O.Zr/c2*8-4(9)1-7(2-5(10)11)3-6(12)13;2*1-2-3-4-5;;;/h2*1-3H2,(H,8,9)(H,10,11)(H,12,13);2*2-5H2,1H3;2*1H2;/q;;;;;;+4/p-4. The Morgan fingerprint density at radius 3 is 0.692 bits per heavy atom. The molecule has 39 heavy (non-hydrogen) atoms. The smallest absolute Gasteiger partial charge is 0.549 e. The van der Waals surface area contributed by atoms with E-state index in [1.54, 1.807) is 0 Å². The zero-order chi connectivity index (χ0) is 29.1. The number of unbranched alkanes of at least 4 members (excludes halogenated alkanes) is 2. The molecule has 0 saturated carbocycles. The van der Waals surface area contributed by atoms with Gasteiger partial charge in [0, 0.05) is 39.3 Å². The molecule has 0 radical (unpaired) electrons. The molecule has 0 aromatic rings. The predicted octanol–water partition coefficient (Wildman–Crippen LogP) is -12.5. The van der Waals surface area contributed by atoms with E-state index >= 15 is 0 Å². The third kappa shape index (κ3) is 61.2. The van der Waals surface area contributed by atoms with Gasteiger partial charge in [-0.1, -0.05) is 26.7 Å². The number of aliphatic carboxylic acids is 6. The Kier molecular flexibility index (Phi) is 50.9. The number of carbonyl (C=O) groups is 6. The van der Waals surface area contributed by atoms with Crippen LogP contribution < -0.4 is 42.1 Å². The zero-order valence-electron chi connectivity index (χ0n) is 22.2. The molecule has 0 fully saturated rings. The fraction of sp³-hybridized carbons (Fsp3) is 0.700. The number of rotatable bonds is 16. The van der Waals surface area contributed by atoms with Crippen molar-refractivity contribution in [3.8, 4) is 0 Å². The third-order valence-electron chi connectivity index (χ3n) is 3.32. The van der Waals surface area contributed by atoms with Gasteiger partial charge in [-0.2, -0.15) is 0 Å². The van der Waals surface area contributed by atoms with E-state index in [2.05, 4.69) is 25.3 Å². The van der Waals surface area contributed by atoms with Crippen molar-refractivity contribution >= 4 is 35.8 Å². The van der Waals surface area contributed by atoms with Gasteiger partial charge in [0.25, 0.3) is 0 Å². The van der Waals surface area contributed by atoms with Crippen molar-refractivity contribution in [2.75, 3.05) is 52.4 Å². The van der Waals surface area contributed by atoms with Gasteiger partial charge in [0.15, 0.2) is 0 Å². The molecule has 0 aliphatic rings. The van der Waals surface area contributed by atoms with Crippen LogP contribution in [0.3, 0.4) is 0 Å². The molecule has 0 aliphatic heterocycles. The molecule has 0 bridgehead atoms. The second-order valence-corrected chi connectivity index (χ2v) is 6.94. The van der Waals surface area contributed by atoms with Crippen LogP contribution in [0.5, 0.6) is 0 Å². The molecule has 19 heteroatoms. The molecule has 0 atom stereocenters. The van der Waals surface area contributed by atoms with Crippen LogP contribution in [0.4, 0.5) is 0 Å². The SMILES string of the molecule is CCCC[NH3+].CCCC[NH3+].O.O.O=C([O-])CN(CC(=O)[O-])CC(=O)[O-].O=C([O-])CN(CC(=O)[O-])CC(=O)[O-].[Zr+4]. The van der Waals surface area contributed by atoms with Gasteiger partial charge < -0.3 is 81.8 Å². The van der Waals surface area contributed by atoms with Gasteiger partial charge in [-0.25, -0.2) is 0 Å². The van der Waals surface area contributed by atoms with Crippen LogP contribution in [0.2, 0.25) is 0 Å². The molecule has 0 heterocycles. The maximum atomic E-state index is 9.99. The Morgan fingerprint density at radius 1 is 0.487 bits per heavy atom. The normalized spacial score (nSPS) is 8.77. The average Bonchev–Trinajstić information content (AvgIpc) is 2.67. The maximum absolute atomic E-state index is 9.99. The fourth-order valence-electron chi connectivity index (χ4n) is 1.93. The second-order valence-electron chi connectivity index (χ2n) is 6.94. The van der Waals surface area contributed by atoms with Crippen molar-refractivity contribution in [2.24, 2.45) is 0 Å². The van der Waals surface area contributed by atoms with E-state index in [4.69, 9.17) is 0 Å². The van der Waals surface area contributed by atoms with Crippen molar-refractivity contribution in [2.45, 2.75) is 39.5 Å². The Hall–Kier alpha value is -2.54. The van der Waals surface area contributed by atoms with Crippen molar-refractivity contribution in [1.29, 1.82) is 0 Å². The van der Waals surface area contributed by atoms with Crippen molar-refractivity contribution in [3.05, 3.63) is 0 Å². The molecular formula is C20H40N4O14Zr. The van der Waals surface area contributed by atoms with Crippen LogP contribution in [0.1, 0.15) is 39.5 Å². The first-order chi connectivity index (χ1) is 16.7. The summed E-state index contributed by atoms with van der Waals surface area (Å²) in [6.45, 7) is 1.79. The minimum Gasteiger partial charge on any atom is -0.549 e. The van der Waals surface area contributed by atoms with Gasteiger partial charge in [-0.15, -0.1) is 0 Å². The summed E-state index contributed by atoms with van der Waals surface area (Å²) in [5.74, 6) is -9.40. The van der Waals surface area contributed by atoms with E-state index in [0.717, 1.165) is 13.1 Å². The molecule has 0 amide bonds. The molecule has 18 nitrogen and oxygen atoms in total. The molecule has 0 unspecified atom stereocenters. The van der Waals surface area contributed by atoms with E-state index in [1.165, 1.54) is 25.7 Å². The molecule has 0 aromatic carbocycles. The topological polar surface area (TPSA) is 366 Å². The summed E-state index contributed by atoms with van der Waals surface area (Å²) in [5.41, 5.74) is 7.35. The third-order valence-corrected chi connectivity index (χ3v) is 3.32. The molecule has 0 saturated heterocycles. The quantitative estimate of drug-likeness (QED) is 0.156. The van der Waals surface area contributed by atoms with Crippen molar-refractivity contribution in [1.82, 2.24) is 9.80 Å².